The fraction of sp³-hybridized carbons (Fsp3) is 0.0769. The normalized spacial score (nSPS) is 10.8. The van der Waals surface area contributed by atoms with Crippen molar-refractivity contribution in [3.63, 3.8) is 0 Å². The molecule has 4 nitrogen and oxygen atoms in total. The molecule has 6 heteroatoms. The highest BCUT2D eigenvalue weighted by atomic mass is 35.5. The van der Waals surface area contributed by atoms with Crippen LogP contribution in [0.1, 0.15) is 5.56 Å². The number of nitrogens with two attached hydrogens (primary N) is 1. The van der Waals surface area contributed by atoms with Gasteiger partial charge in [-0.2, -0.15) is 8.42 Å². The smallest absolute Gasteiger partial charge is 0.295 e. The Bertz CT molecular complexity index is 699. The zero-order valence-corrected chi connectivity index (χ0v) is 11.8. The summed E-state index contributed by atoms with van der Waals surface area (Å²) in [7, 11) is -4.27. The Morgan fingerprint density at radius 1 is 1.05 bits per heavy atom. The van der Waals surface area contributed by atoms with Crippen molar-refractivity contribution < 1.29 is 13.0 Å². The minimum atomic E-state index is -4.27. The van der Waals surface area contributed by atoms with Crippen LogP contribution >= 0.6 is 12.4 Å². The van der Waals surface area contributed by atoms with Crippen molar-refractivity contribution in [2.24, 2.45) is 0 Å². The third kappa shape index (κ3) is 3.26. The molecule has 0 unspecified atom stereocenters. The van der Waals surface area contributed by atoms with Crippen LogP contribution < -0.4 is 5.73 Å². The Labute approximate surface area is 118 Å². The van der Waals surface area contributed by atoms with Gasteiger partial charge < -0.3 is 5.73 Å². The summed E-state index contributed by atoms with van der Waals surface area (Å²) in [5.41, 5.74) is 8.29. The van der Waals surface area contributed by atoms with Gasteiger partial charge in [-0.15, -0.1) is 12.4 Å². The predicted molar refractivity (Wildman–Crippen MR) is 78.1 cm³/mol. The molecule has 0 bridgehead atoms. The Kier molecular flexibility index (Phi) is 4.57. The Morgan fingerprint density at radius 2 is 1.68 bits per heavy atom. The zero-order chi connectivity index (χ0) is 13.3. The van der Waals surface area contributed by atoms with Gasteiger partial charge in [-0.25, -0.2) is 0 Å². The summed E-state index contributed by atoms with van der Waals surface area (Å²) >= 11 is 0. The van der Waals surface area contributed by atoms with E-state index in [1.54, 1.807) is 30.3 Å². The number of anilines is 1. The lowest BCUT2D eigenvalue weighted by atomic mass is 10.0. The first-order valence-electron chi connectivity index (χ1n) is 5.32. The van der Waals surface area contributed by atoms with E-state index in [0.717, 1.165) is 5.56 Å². The molecule has 3 N–H and O–H groups in total. The number of hydrogen-bond donors (Lipinski definition) is 2. The molecule has 0 heterocycles. The molecule has 0 amide bonds. The van der Waals surface area contributed by atoms with E-state index >= 15 is 0 Å². The number of hydrogen-bond acceptors (Lipinski definition) is 3. The minimum absolute atomic E-state index is 0. The second-order valence-electron chi connectivity index (χ2n) is 4.06. The summed E-state index contributed by atoms with van der Waals surface area (Å²) in [5, 5.41) is 0. The molecule has 0 saturated heterocycles. The Hall–Kier alpha value is -1.56. The first-order chi connectivity index (χ1) is 8.39. The van der Waals surface area contributed by atoms with E-state index in [-0.39, 0.29) is 17.3 Å². The number of benzene rings is 2. The molecule has 0 atom stereocenters. The Balaban J connectivity index is 0.00000180. The maximum absolute atomic E-state index is 11.3. The highest BCUT2D eigenvalue weighted by Crippen LogP contribution is 2.31. The summed E-state index contributed by atoms with van der Waals surface area (Å²) in [6.45, 7) is 1.89. The van der Waals surface area contributed by atoms with Gasteiger partial charge in [-0.05, 0) is 25.1 Å². The topological polar surface area (TPSA) is 80.4 Å². The van der Waals surface area contributed by atoms with Gasteiger partial charge >= 0.3 is 0 Å². The fourth-order valence-electron chi connectivity index (χ4n) is 1.82. The van der Waals surface area contributed by atoms with Crippen molar-refractivity contribution in [3.05, 3.63) is 48.0 Å². The molecule has 0 aliphatic heterocycles. The van der Waals surface area contributed by atoms with Crippen molar-refractivity contribution >= 4 is 28.2 Å². The van der Waals surface area contributed by atoms with E-state index in [1.165, 1.54) is 6.07 Å². The molecular formula is C13H14ClNO3S. The zero-order valence-electron chi connectivity index (χ0n) is 10.2. The lowest BCUT2D eigenvalue weighted by molar-refractivity contribution is 0.483. The standard InChI is InChI=1S/C13H13NO3S.ClH/c1-9-6-7-12(14)11(8-9)10-4-2-3-5-13(10)18(15,16)17;/h2-8H,14H2,1H3,(H,15,16,17);1H. The van der Waals surface area contributed by atoms with Crippen molar-refractivity contribution in [3.8, 4) is 11.1 Å². The first-order valence-corrected chi connectivity index (χ1v) is 6.76. The highest BCUT2D eigenvalue weighted by molar-refractivity contribution is 7.86. The van der Waals surface area contributed by atoms with E-state index in [2.05, 4.69) is 0 Å². The maximum Gasteiger partial charge on any atom is 0.295 e. The van der Waals surface area contributed by atoms with Crippen LogP contribution in [0.2, 0.25) is 0 Å². The molecule has 0 aromatic heterocycles. The van der Waals surface area contributed by atoms with Gasteiger partial charge in [0, 0.05) is 16.8 Å². The maximum atomic E-state index is 11.3. The van der Waals surface area contributed by atoms with Crippen LogP contribution in [0.4, 0.5) is 5.69 Å². The van der Waals surface area contributed by atoms with E-state index in [1.807, 2.05) is 13.0 Å². The summed E-state index contributed by atoms with van der Waals surface area (Å²) in [4.78, 5) is -0.137. The fourth-order valence-corrected chi connectivity index (χ4v) is 2.52. The average Bonchev–Trinajstić information content (AvgIpc) is 2.31. The summed E-state index contributed by atoms with van der Waals surface area (Å²) in [6.07, 6.45) is 0. The average molecular weight is 300 g/mol. The van der Waals surface area contributed by atoms with Gasteiger partial charge in [-0.3, -0.25) is 4.55 Å². The van der Waals surface area contributed by atoms with Crippen molar-refractivity contribution in [2.45, 2.75) is 11.8 Å². The molecule has 2 aromatic rings. The molecule has 0 fully saturated rings. The summed E-state index contributed by atoms with van der Waals surface area (Å²) in [5.74, 6) is 0. The number of aryl methyl sites for hydroxylation is 1. The Morgan fingerprint density at radius 3 is 2.32 bits per heavy atom. The number of halogens is 1. The molecule has 0 spiro atoms. The van der Waals surface area contributed by atoms with Crippen molar-refractivity contribution in [2.75, 3.05) is 5.73 Å². The molecule has 2 aromatic carbocycles. The van der Waals surface area contributed by atoms with E-state index < -0.39 is 10.1 Å². The number of nitrogen functional groups attached to an aromatic ring is 1. The quantitative estimate of drug-likeness (QED) is 0.660. The summed E-state index contributed by atoms with van der Waals surface area (Å²) < 4.78 is 31.9. The molecule has 0 saturated carbocycles. The molecule has 102 valence electrons. The van der Waals surface area contributed by atoms with Crippen molar-refractivity contribution in [1.29, 1.82) is 0 Å². The molecule has 19 heavy (non-hydrogen) atoms. The largest absolute Gasteiger partial charge is 0.398 e. The van der Waals surface area contributed by atoms with Crippen LogP contribution in [-0.2, 0) is 10.1 Å². The van der Waals surface area contributed by atoms with Gasteiger partial charge in [0.25, 0.3) is 10.1 Å². The predicted octanol–water partition coefficient (Wildman–Crippen LogP) is 2.91. The van der Waals surface area contributed by atoms with Gasteiger partial charge in [0.15, 0.2) is 0 Å². The van der Waals surface area contributed by atoms with E-state index in [0.29, 0.717) is 16.8 Å². The van der Waals surface area contributed by atoms with Gasteiger partial charge in [0.05, 0.1) is 0 Å². The lowest BCUT2D eigenvalue weighted by Gasteiger charge is -2.10. The number of rotatable bonds is 2. The van der Waals surface area contributed by atoms with Crippen LogP contribution in [0.25, 0.3) is 11.1 Å². The second-order valence-corrected chi connectivity index (χ2v) is 5.45. The molecule has 0 radical (unpaired) electrons. The van der Waals surface area contributed by atoms with Gasteiger partial charge in [0.1, 0.15) is 4.90 Å². The third-order valence-corrected chi connectivity index (χ3v) is 3.58. The molecule has 0 aliphatic rings. The lowest BCUT2D eigenvalue weighted by Crippen LogP contribution is -2.02. The van der Waals surface area contributed by atoms with Crippen LogP contribution in [0, 0.1) is 6.92 Å². The molecule has 2 rings (SSSR count). The minimum Gasteiger partial charge on any atom is -0.398 e. The highest BCUT2D eigenvalue weighted by Gasteiger charge is 2.17. The first kappa shape index (κ1) is 15.5. The summed E-state index contributed by atoms with van der Waals surface area (Å²) in [6, 6.07) is 11.6. The van der Waals surface area contributed by atoms with Crippen LogP contribution in [0.15, 0.2) is 47.4 Å². The van der Waals surface area contributed by atoms with E-state index in [4.69, 9.17) is 5.73 Å². The van der Waals surface area contributed by atoms with E-state index in [9.17, 15) is 13.0 Å². The second kappa shape index (κ2) is 5.61. The molecule has 0 aliphatic carbocycles. The van der Waals surface area contributed by atoms with Gasteiger partial charge in [-0.1, -0.05) is 29.8 Å². The third-order valence-electron chi connectivity index (χ3n) is 2.66. The van der Waals surface area contributed by atoms with Gasteiger partial charge in [0.2, 0.25) is 0 Å². The van der Waals surface area contributed by atoms with Crippen LogP contribution in [-0.4, -0.2) is 13.0 Å². The monoisotopic (exact) mass is 299 g/mol. The SMILES string of the molecule is Cc1ccc(N)c(-c2ccccc2S(=O)(=O)O)c1.Cl. The van der Waals surface area contributed by atoms with Crippen LogP contribution in [0.5, 0.6) is 0 Å². The van der Waals surface area contributed by atoms with Crippen molar-refractivity contribution in [1.82, 2.24) is 0 Å². The van der Waals surface area contributed by atoms with Crippen LogP contribution in [0.3, 0.4) is 0 Å². The molecular weight excluding hydrogens is 286 g/mol.